The lowest BCUT2D eigenvalue weighted by atomic mass is 9.94. The van der Waals surface area contributed by atoms with E-state index in [4.69, 9.17) is 9.47 Å². The van der Waals surface area contributed by atoms with E-state index < -0.39 is 17.5 Å². The first-order valence-corrected chi connectivity index (χ1v) is 7.70. The first-order valence-electron chi connectivity index (χ1n) is 7.70. The van der Waals surface area contributed by atoms with Crippen molar-refractivity contribution in [3.8, 4) is 0 Å². The number of Topliss-reactive ketones (excluding diaryl/α,β-unsaturated/α-hetero) is 1. The summed E-state index contributed by atoms with van der Waals surface area (Å²) in [5.74, 6) is -0.948. The van der Waals surface area contributed by atoms with E-state index in [1.165, 1.54) is 4.68 Å². The largest absolute Gasteiger partial charge is 0.461 e. The SMILES string of the molecule is CCOC(=O)c1nn(CC(=O)OC(C)(C)C)c2c1CC(=O)CC2. The Kier molecular flexibility index (Phi) is 4.87. The van der Waals surface area contributed by atoms with Crippen LogP contribution in [0.2, 0.25) is 0 Å². The molecule has 0 radical (unpaired) electrons. The molecule has 1 aliphatic rings. The average Bonchev–Trinajstić information content (AvgIpc) is 2.74. The molecule has 0 spiro atoms. The van der Waals surface area contributed by atoms with Crippen molar-refractivity contribution < 1.29 is 23.9 Å². The molecule has 1 heterocycles. The summed E-state index contributed by atoms with van der Waals surface area (Å²) >= 11 is 0. The maximum absolute atomic E-state index is 12.0. The van der Waals surface area contributed by atoms with Crippen LogP contribution in [0.3, 0.4) is 0 Å². The highest BCUT2D eigenvalue weighted by Gasteiger charge is 2.30. The molecule has 7 heteroatoms. The van der Waals surface area contributed by atoms with E-state index in [0.29, 0.717) is 18.4 Å². The van der Waals surface area contributed by atoms with Crippen LogP contribution < -0.4 is 0 Å². The van der Waals surface area contributed by atoms with Crippen LogP contribution in [0, 0.1) is 0 Å². The molecule has 1 aromatic rings. The molecule has 0 atom stereocenters. The van der Waals surface area contributed by atoms with Gasteiger partial charge in [0.25, 0.3) is 0 Å². The van der Waals surface area contributed by atoms with E-state index in [1.54, 1.807) is 27.7 Å². The molecule has 1 aromatic heterocycles. The highest BCUT2D eigenvalue weighted by molar-refractivity contribution is 5.93. The molecular formula is C16H22N2O5. The van der Waals surface area contributed by atoms with Gasteiger partial charge in [0.15, 0.2) is 5.69 Å². The van der Waals surface area contributed by atoms with E-state index in [1.807, 2.05) is 0 Å². The fourth-order valence-corrected chi connectivity index (χ4v) is 2.53. The molecule has 0 amide bonds. The number of ketones is 1. The first-order chi connectivity index (χ1) is 10.7. The van der Waals surface area contributed by atoms with Crippen LogP contribution in [-0.4, -0.2) is 39.7 Å². The fraction of sp³-hybridized carbons (Fsp3) is 0.625. The number of aromatic nitrogens is 2. The zero-order chi connectivity index (χ0) is 17.2. The van der Waals surface area contributed by atoms with Crippen molar-refractivity contribution >= 4 is 17.7 Å². The Bertz CT molecular complexity index is 640. The minimum absolute atomic E-state index is 0.0554. The van der Waals surface area contributed by atoms with Crippen molar-refractivity contribution in [2.75, 3.05) is 6.61 Å². The third kappa shape index (κ3) is 4.18. The standard InChI is InChI=1S/C16H22N2O5/c1-5-22-15(21)14-11-8-10(19)6-7-12(11)18(17-14)9-13(20)23-16(2,3)4/h5-9H2,1-4H3. The summed E-state index contributed by atoms with van der Waals surface area (Å²) in [5, 5.41) is 4.20. The van der Waals surface area contributed by atoms with Crippen LogP contribution >= 0.6 is 0 Å². The van der Waals surface area contributed by atoms with E-state index in [0.717, 1.165) is 5.69 Å². The Labute approximate surface area is 134 Å². The van der Waals surface area contributed by atoms with Crippen molar-refractivity contribution in [3.63, 3.8) is 0 Å². The number of nitrogens with zero attached hydrogens (tertiary/aromatic N) is 2. The van der Waals surface area contributed by atoms with E-state index in [2.05, 4.69) is 5.10 Å². The summed E-state index contributed by atoms with van der Waals surface area (Å²) in [5.41, 5.74) is 0.838. The van der Waals surface area contributed by atoms with Gasteiger partial charge in [-0.3, -0.25) is 14.3 Å². The Morgan fingerprint density at radius 3 is 2.57 bits per heavy atom. The predicted octanol–water partition coefficient (Wildman–Crippen LogP) is 1.46. The third-order valence-electron chi connectivity index (χ3n) is 3.35. The molecule has 23 heavy (non-hydrogen) atoms. The lowest BCUT2D eigenvalue weighted by Gasteiger charge is -2.20. The summed E-state index contributed by atoms with van der Waals surface area (Å²) < 4.78 is 11.7. The molecule has 0 aliphatic heterocycles. The molecule has 0 saturated carbocycles. The maximum Gasteiger partial charge on any atom is 0.359 e. The maximum atomic E-state index is 12.0. The van der Waals surface area contributed by atoms with Gasteiger partial charge in [-0.2, -0.15) is 5.10 Å². The van der Waals surface area contributed by atoms with Crippen LogP contribution in [0.5, 0.6) is 0 Å². The number of carbonyl (C=O) groups excluding carboxylic acids is 3. The van der Waals surface area contributed by atoms with Crippen molar-refractivity contribution in [2.45, 2.75) is 59.1 Å². The van der Waals surface area contributed by atoms with Gasteiger partial charge in [-0.05, 0) is 34.1 Å². The summed E-state index contributed by atoms with van der Waals surface area (Å²) in [6, 6.07) is 0. The number of fused-ring (bicyclic) bond motifs is 1. The normalized spacial score (nSPS) is 14.3. The molecule has 0 saturated heterocycles. The van der Waals surface area contributed by atoms with Crippen LogP contribution in [0.1, 0.15) is 55.9 Å². The smallest absolute Gasteiger partial charge is 0.359 e. The molecule has 1 aliphatic carbocycles. The zero-order valence-electron chi connectivity index (χ0n) is 14.0. The molecule has 2 rings (SSSR count). The average molecular weight is 322 g/mol. The van der Waals surface area contributed by atoms with Crippen molar-refractivity contribution in [3.05, 3.63) is 17.0 Å². The topological polar surface area (TPSA) is 87.5 Å². The minimum atomic E-state index is -0.593. The Morgan fingerprint density at radius 1 is 1.26 bits per heavy atom. The highest BCUT2D eigenvalue weighted by atomic mass is 16.6. The first kappa shape index (κ1) is 17.2. The predicted molar refractivity (Wildman–Crippen MR) is 81.1 cm³/mol. The zero-order valence-corrected chi connectivity index (χ0v) is 14.0. The molecule has 0 unspecified atom stereocenters. The fourth-order valence-electron chi connectivity index (χ4n) is 2.53. The molecule has 7 nitrogen and oxygen atoms in total. The van der Waals surface area contributed by atoms with Crippen molar-refractivity contribution in [2.24, 2.45) is 0 Å². The van der Waals surface area contributed by atoms with E-state index in [9.17, 15) is 14.4 Å². The van der Waals surface area contributed by atoms with E-state index in [-0.39, 0.29) is 31.0 Å². The number of ether oxygens (including phenoxy) is 2. The second-order valence-electron chi connectivity index (χ2n) is 6.45. The number of carbonyl (C=O) groups is 3. The van der Waals surface area contributed by atoms with Gasteiger partial charge in [-0.1, -0.05) is 0 Å². The Balaban J connectivity index is 2.30. The number of hydrogen-bond acceptors (Lipinski definition) is 6. The van der Waals surface area contributed by atoms with Gasteiger partial charge in [-0.15, -0.1) is 0 Å². The summed E-state index contributed by atoms with van der Waals surface area (Å²) in [7, 11) is 0. The van der Waals surface area contributed by atoms with Crippen molar-refractivity contribution in [1.29, 1.82) is 0 Å². The molecule has 126 valence electrons. The Hall–Kier alpha value is -2.18. The number of esters is 2. The van der Waals surface area contributed by atoms with Crippen LogP contribution in [-0.2, 0) is 38.4 Å². The lowest BCUT2D eigenvalue weighted by molar-refractivity contribution is -0.155. The van der Waals surface area contributed by atoms with Gasteiger partial charge in [0, 0.05) is 24.1 Å². The monoisotopic (exact) mass is 322 g/mol. The molecule has 0 bridgehead atoms. The molecule has 0 N–H and O–H groups in total. The lowest BCUT2D eigenvalue weighted by Crippen LogP contribution is -2.27. The summed E-state index contributed by atoms with van der Waals surface area (Å²) in [4.78, 5) is 35.7. The second kappa shape index (κ2) is 6.52. The van der Waals surface area contributed by atoms with Crippen molar-refractivity contribution in [1.82, 2.24) is 9.78 Å². The van der Waals surface area contributed by atoms with Gasteiger partial charge in [0.2, 0.25) is 0 Å². The van der Waals surface area contributed by atoms with Gasteiger partial charge in [-0.25, -0.2) is 4.79 Å². The van der Waals surface area contributed by atoms with Crippen LogP contribution in [0.4, 0.5) is 0 Å². The van der Waals surface area contributed by atoms with Gasteiger partial charge in [0.05, 0.1) is 6.61 Å². The number of rotatable bonds is 4. The summed E-state index contributed by atoms with van der Waals surface area (Å²) in [6.07, 6.45) is 0.996. The molecule has 0 fully saturated rings. The van der Waals surface area contributed by atoms with E-state index >= 15 is 0 Å². The highest BCUT2D eigenvalue weighted by Crippen LogP contribution is 2.24. The Morgan fingerprint density at radius 2 is 1.96 bits per heavy atom. The molecule has 0 aromatic carbocycles. The number of hydrogen-bond donors (Lipinski definition) is 0. The third-order valence-corrected chi connectivity index (χ3v) is 3.35. The van der Waals surface area contributed by atoms with Gasteiger partial charge < -0.3 is 9.47 Å². The van der Waals surface area contributed by atoms with Crippen LogP contribution in [0.25, 0.3) is 0 Å². The molecular weight excluding hydrogens is 300 g/mol. The van der Waals surface area contributed by atoms with Crippen LogP contribution in [0.15, 0.2) is 0 Å². The second-order valence-corrected chi connectivity index (χ2v) is 6.45. The van der Waals surface area contributed by atoms with Gasteiger partial charge in [0.1, 0.15) is 17.9 Å². The summed E-state index contributed by atoms with van der Waals surface area (Å²) in [6.45, 7) is 7.19. The minimum Gasteiger partial charge on any atom is -0.461 e. The quantitative estimate of drug-likeness (QED) is 0.780. The van der Waals surface area contributed by atoms with Gasteiger partial charge >= 0.3 is 11.9 Å².